The van der Waals surface area contributed by atoms with Crippen LogP contribution in [0.5, 0.6) is 5.75 Å². The van der Waals surface area contributed by atoms with E-state index in [0.717, 1.165) is 12.2 Å². The Kier molecular flexibility index (Phi) is 9.26. The number of carbonyl (C=O) groups excluding carboxylic acids is 3. The minimum absolute atomic E-state index is 0.0650. The van der Waals surface area contributed by atoms with Gasteiger partial charge in [-0.25, -0.2) is 0 Å². The van der Waals surface area contributed by atoms with Crippen LogP contribution in [0.2, 0.25) is 0 Å². The van der Waals surface area contributed by atoms with E-state index in [-0.39, 0.29) is 23.4 Å². The van der Waals surface area contributed by atoms with Crippen LogP contribution in [-0.2, 0) is 24.5 Å². The lowest BCUT2D eigenvalue weighted by Crippen LogP contribution is -2.33. The Morgan fingerprint density at radius 2 is 1.53 bits per heavy atom. The zero-order valence-electron chi connectivity index (χ0n) is 19.8. The molecule has 5 nitrogen and oxygen atoms in total. The number of hydrogen-bond donors (Lipinski definition) is 0. The van der Waals surface area contributed by atoms with Gasteiger partial charge in [0.05, 0.1) is 12.7 Å². The molecule has 168 valence electrons. The van der Waals surface area contributed by atoms with E-state index in [2.05, 4.69) is 46.8 Å². The lowest BCUT2D eigenvalue weighted by molar-refractivity contribution is -0.157. The van der Waals surface area contributed by atoms with Gasteiger partial charge in [0.15, 0.2) is 17.5 Å². The van der Waals surface area contributed by atoms with E-state index >= 15 is 0 Å². The number of carbonyl (C=O) groups is 3. The highest BCUT2D eigenvalue weighted by molar-refractivity contribution is 6.16. The van der Waals surface area contributed by atoms with Crippen LogP contribution in [0.1, 0.15) is 80.2 Å². The van der Waals surface area contributed by atoms with Crippen molar-refractivity contribution >= 4 is 17.5 Å². The number of ketones is 2. The lowest BCUT2D eigenvalue weighted by atomic mass is 9.72. The first-order valence-electron chi connectivity index (χ1n) is 10.7. The Morgan fingerprint density at radius 3 is 2.00 bits per heavy atom. The molecule has 0 aliphatic rings. The van der Waals surface area contributed by atoms with Gasteiger partial charge in [-0.05, 0) is 62.1 Å². The Morgan fingerprint density at radius 1 is 0.967 bits per heavy atom. The maximum absolute atomic E-state index is 12.3. The van der Waals surface area contributed by atoms with E-state index in [1.54, 1.807) is 13.8 Å². The molecular formula is C25H38O5. The van der Waals surface area contributed by atoms with E-state index in [0.29, 0.717) is 13.0 Å². The second-order valence-electron chi connectivity index (χ2n) is 10.1. The van der Waals surface area contributed by atoms with Gasteiger partial charge in [0.2, 0.25) is 0 Å². The van der Waals surface area contributed by atoms with Gasteiger partial charge in [-0.3, -0.25) is 14.4 Å². The van der Waals surface area contributed by atoms with E-state index in [1.165, 1.54) is 12.5 Å². The molecule has 0 saturated heterocycles. The van der Waals surface area contributed by atoms with Gasteiger partial charge in [-0.15, -0.1) is 0 Å². The third-order valence-electron chi connectivity index (χ3n) is 4.76. The Balaban J connectivity index is 2.57. The van der Waals surface area contributed by atoms with Gasteiger partial charge in [-0.1, -0.05) is 46.8 Å². The number of hydrogen-bond acceptors (Lipinski definition) is 5. The van der Waals surface area contributed by atoms with Crippen LogP contribution in [0.15, 0.2) is 24.3 Å². The molecular weight excluding hydrogens is 380 g/mol. The zero-order chi connectivity index (χ0) is 23.1. The van der Waals surface area contributed by atoms with E-state index in [9.17, 15) is 14.4 Å². The van der Waals surface area contributed by atoms with Crippen molar-refractivity contribution in [2.45, 2.75) is 86.2 Å². The monoisotopic (exact) mass is 418 g/mol. The average molecular weight is 419 g/mol. The summed E-state index contributed by atoms with van der Waals surface area (Å²) in [6, 6.07) is 8.06. The predicted octanol–water partition coefficient (Wildman–Crippen LogP) is 5.29. The van der Waals surface area contributed by atoms with Gasteiger partial charge in [-0.2, -0.15) is 0 Å². The SMILES string of the molecule is CC(=O)C(C(=O)CCCOc1ccc(C(C)(C)CC(C)(C)C)cc1)C(=O)OC(C)C. The van der Waals surface area contributed by atoms with Crippen molar-refractivity contribution in [3.63, 3.8) is 0 Å². The third kappa shape index (κ3) is 8.68. The quantitative estimate of drug-likeness (QED) is 0.278. The molecule has 0 bridgehead atoms. The molecule has 0 radical (unpaired) electrons. The molecule has 30 heavy (non-hydrogen) atoms. The van der Waals surface area contributed by atoms with Crippen molar-refractivity contribution in [2.75, 3.05) is 6.61 Å². The molecule has 1 aromatic rings. The zero-order valence-corrected chi connectivity index (χ0v) is 19.8. The highest BCUT2D eigenvalue weighted by atomic mass is 16.5. The average Bonchev–Trinajstić information content (AvgIpc) is 2.56. The summed E-state index contributed by atoms with van der Waals surface area (Å²) >= 11 is 0. The number of Topliss-reactive ketones (excluding diaryl/α,β-unsaturated/α-hetero) is 2. The molecule has 0 fully saturated rings. The standard InChI is InChI=1S/C25H38O5/c1-17(2)30-23(28)22(18(3)26)21(27)10-9-15-29-20-13-11-19(12-14-20)25(7,8)16-24(4,5)6/h11-14,17,22H,9-10,15-16H2,1-8H3. The van der Waals surface area contributed by atoms with Crippen LogP contribution in [0.3, 0.4) is 0 Å². The highest BCUT2D eigenvalue weighted by Crippen LogP contribution is 2.36. The van der Waals surface area contributed by atoms with Gasteiger partial charge in [0, 0.05) is 6.42 Å². The summed E-state index contributed by atoms with van der Waals surface area (Å²) in [7, 11) is 0. The fourth-order valence-corrected chi connectivity index (χ4v) is 3.84. The first kappa shape index (κ1) is 25.9. The fraction of sp³-hybridized carbons (Fsp3) is 0.640. The predicted molar refractivity (Wildman–Crippen MR) is 119 cm³/mol. The molecule has 0 heterocycles. The van der Waals surface area contributed by atoms with Crippen molar-refractivity contribution in [3.05, 3.63) is 29.8 Å². The van der Waals surface area contributed by atoms with Gasteiger partial charge in [0.25, 0.3) is 0 Å². The molecule has 0 aliphatic heterocycles. The molecule has 0 saturated carbocycles. The van der Waals surface area contributed by atoms with Gasteiger partial charge < -0.3 is 9.47 Å². The Labute approximate surface area is 181 Å². The summed E-state index contributed by atoms with van der Waals surface area (Å²) in [5.74, 6) is -2.27. The molecule has 5 heteroatoms. The lowest BCUT2D eigenvalue weighted by Gasteiger charge is -2.33. The molecule has 1 unspecified atom stereocenters. The highest BCUT2D eigenvalue weighted by Gasteiger charge is 2.32. The topological polar surface area (TPSA) is 69.7 Å². The second-order valence-corrected chi connectivity index (χ2v) is 10.1. The molecule has 1 aromatic carbocycles. The summed E-state index contributed by atoms with van der Waals surface area (Å²) in [6.07, 6.45) is 1.22. The van der Waals surface area contributed by atoms with E-state index < -0.39 is 23.5 Å². The van der Waals surface area contributed by atoms with Gasteiger partial charge in [0.1, 0.15) is 5.75 Å². The molecule has 0 N–H and O–H groups in total. The Bertz CT molecular complexity index is 723. The van der Waals surface area contributed by atoms with Crippen LogP contribution in [0.25, 0.3) is 0 Å². The number of ether oxygens (including phenoxy) is 2. The van der Waals surface area contributed by atoms with Crippen molar-refractivity contribution in [3.8, 4) is 5.75 Å². The van der Waals surface area contributed by atoms with E-state index in [4.69, 9.17) is 9.47 Å². The first-order valence-corrected chi connectivity index (χ1v) is 10.7. The maximum Gasteiger partial charge on any atom is 0.324 e. The van der Waals surface area contributed by atoms with Crippen molar-refractivity contribution in [1.82, 2.24) is 0 Å². The number of esters is 1. The van der Waals surface area contributed by atoms with E-state index in [1.807, 2.05) is 12.1 Å². The summed E-state index contributed by atoms with van der Waals surface area (Å²) in [4.78, 5) is 36.0. The fourth-order valence-electron chi connectivity index (χ4n) is 3.84. The molecule has 0 aliphatic carbocycles. The number of rotatable bonds is 11. The van der Waals surface area contributed by atoms with Crippen LogP contribution in [0, 0.1) is 11.3 Å². The van der Waals surface area contributed by atoms with Crippen LogP contribution < -0.4 is 4.74 Å². The van der Waals surface area contributed by atoms with Gasteiger partial charge >= 0.3 is 5.97 Å². The molecule has 0 amide bonds. The normalized spacial score (nSPS) is 13.1. The summed E-state index contributed by atoms with van der Waals surface area (Å²) in [5, 5.41) is 0. The first-order chi connectivity index (χ1) is 13.7. The van der Waals surface area contributed by atoms with Crippen LogP contribution in [0.4, 0.5) is 0 Å². The maximum atomic E-state index is 12.3. The van der Waals surface area contributed by atoms with Crippen molar-refractivity contribution in [1.29, 1.82) is 0 Å². The molecule has 1 rings (SSSR count). The van der Waals surface area contributed by atoms with Crippen LogP contribution in [-0.4, -0.2) is 30.2 Å². The summed E-state index contributed by atoms with van der Waals surface area (Å²) in [6.45, 7) is 16.2. The number of benzene rings is 1. The summed E-state index contributed by atoms with van der Waals surface area (Å²) < 4.78 is 10.8. The minimum Gasteiger partial charge on any atom is -0.494 e. The third-order valence-corrected chi connectivity index (χ3v) is 4.76. The van der Waals surface area contributed by atoms with Crippen LogP contribution >= 0.6 is 0 Å². The molecule has 1 atom stereocenters. The molecule has 0 aromatic heterocycles. The molecule has 0 spiro atoms. The second kappa shape index (κ2) is 10.7. The minimum atomic E-state index is -1.34. The smallest absolute Gasteiger partial charge is 0.324 e. The van der Waals surface area contributed by atoms with Crippen molar-refractivity contribution in [2.24, 2.45) is 11.3 Å². The summed E-state index contributed by atoms with van der Waals surface area (Å²) in [5.41, 5.74) is 1.56. The Hall–Kier alpha value is -2.17. The largest absolute Gasteiger partial charge is 0.494 e. The van der Waals surface area contributed by atoms with Crippen molar-refractivity contribution < 1.29 is 23.9 Å².